The SMILES string of the molecule is CC(=O)NC(C)(C)C.CC(C)(C)C.CC(C)C.CC(F)F.CC1(F)CC1.CC1CC1.CC1CCC1.CC1CCCC1.CC1CCCCC1.CC1CCOCC1.CCC(F)(F)F.CCC(F)(F)F.CCC1CCCC1.CCCC.CCCO.CCc1ccc(C)cc1.CN1CCOCC1.CNC(=O)C(C)(C)C.CNC1CC1.COS(=O)(=O)c1ccc(C)cc1.C[C@H](CO)CCl.C[C@H]1CC1(F)F.Cc1ccccc1. The molecule has 0 spiro atoms. The molecule has 0 unspecified atom stereocenters. The number of rotatable bonds is 9. The van der Waals surface area contributed by atoms with Crippen LogP contribution in [0.25, 0.3) is 0 Å². The van der Waals surface area contributed by atoms with E-state index in [1.54, 1.807) is 33.0 Å². The van der Waals surface area contributed by atoms with Gasteiger partial charge in [-0.25, -0.2) is 22.0 Å². The highest BCUT2D eigenvalue weighted by atomic mass is 35.5. The third kappa shape index (κ3) is 151. The number of amides is 2. The molecule has 10 aliphatic rings. The number of benzene rings is 3. The van der Waals surface area contributed by atoms with Gasteiger partial charge >= 0.3 is 12.4 Å². The predicted octanol–water partition coefficient (Wildman–Crippen LogP) is 35.0. The van der Waals surface area contributed by atoms with Crippen molar-refractivity contribution in [3.8, 4) is 0 Å². The van der Waals surface area contributed by atoms with E-state index in [0.717, 1.165) is 146 Å². The van der Waals surface area contributed by atoms with E-state index in [-0.39, 0.29) is 52.5 Å². The molecule has 3 aromatic rings. The topological polar surface area (TPSA) is 176 Å². The van der Waals surface area contributed by atoms with Crippen LogP contribution in [0, 0.1) is 84.9 Å². The van der Waals surface area contributed by atoms with Crippen LogP contribution in [0.3, 0.4) is 0 Å². The number of hydrogen-bond donors (Lipinski definition) is 5. The first-order chi connectivity index (χ1) is 65.5. The molecular weight excluding hydrogens is 1870 g/mol. The lowest BCUT2D eigenvalue weighted by atomic mass is 9.88. The Morgan fingerprint density at radius 1 is 0.535 bits per heavy atom. The Morgan fingerprint density at radius 2 is 0.845 bits per heavy atom. The zero-order valence-corrected chi connectivity index (χ0v) is 99.1. The predicted molar refractivity (Wildman–Crippen MR) is 590 cm³/mol. The number of alkyl halides is 12. The molecule has 0 bridgehead atoms. The normalized spacial score (nSPS) is 17.4. The molecule has 13 rings (SSSR count). The summed E-state index contributed by atoms with van der Waals surface area (Å²) in [4.78, 5) is 23.5. The van der Waals surface area contributed by atoms with Crippen LogP contribution in [-0.2, 0) is 39.8 Å². The Hall–Kier alpha value is -4.21. The Bertz CT molecular complexity index is 3130. The highest BCUT2D eigenvalue weighted by Gasteiger charge is 2.53. The summed E-state index contributed by atoms with van der Waals surface area (Å²) in [6, 6.07) is 26.3. The van der Waals surface area contributed by atoms with Crippen molar-refractivity contribution in [2.45, 2.75) is 481 Å². The zero-order chi connectivity index (χ0) is 112. The van der Waals surface area contributed by atoms with Crippen LogP contribution in [0.4, 0.5) is 48.3 Å². The molecule has 0 radical (unpaired) electrons. The Morgan fingerprint density at radius 3 is 0.972 bits per heavy atom. The van der Waals surface area contributed by atoms with Gasteiger partial charge in [0.05, 0.1) is 25.2 Å². The number of carbonyl (C=O) groups is 2. The van der Waals surface area contributed by atoms with Crippen molar-refractivity contribution in [2.24, 2.45) is 64.1 Å². The Labute approximate surface area is 872 Å². The Balaban J connectivity index is -0.000000161. The highest BCUT2D eigenvalue weighted by Crippen LogP contribution is 2.48. The summed E-state index contributed by atoms with van der Waals surface area (Å²) in [5.74, 6) is 5.36. The summed E-state index contributed by atoms with van der Waals surface area (Å²) < 4.78 is 157. The molecule has 8 aliphatic carbocycles. The van der Waals surface area contributed by atoms with Gasteiger partial charge in [0.2, 0.25) is 18.2 Å². The van der Waals surface area contributed by atoms with E-state index < -0.39 is 53.3 Å². The molecule has 850 valence electrons. The fourth-order valence-corrected chi connectivity index (χ4v) is 10.9. The number of halogens is 12. The van der Waals surface area contributed by atoms with Gasteiger partial charge in [-0.15, -0.1) is 11.6 Å². The minimum absolute atomic E-state index is 0.0255. The minimum Gasteiger partial charge on any atom is -0.396 e. The van der Waals surface area contributed by atoms with E-state index in [1.807, 2.05) is 87.6 Å². The van der Waals surface area contributed by atoms with Crippen LogP contribution in [0.2, 0.25) is 0 Å². The fraction of sp³-hybridized carbons (Fsp3) is 0.828. The second-order valence-electron chi connectivity index (χ2n) is 43.5. The summed E-state index contributed by atoms with van der Waals surface area (Å²) in [7, 11) is 3.40. The molecule has 2 atom stereocenters. The average molecular weight is 2090 g/mol. The summed E-state index contributed by atoms with van der Waals surface area (Å²) in [5.41, 5.74) is 4.53. The number of morpholine rings is 1. The zero-order valence-electron chi connectivity index (χ0n) is 97.5. The van der Waals surface area contributed by atoms with Crippen molar-refractivity contribution in [1.29, 1.82) is 0 Å². The summed E-state index contributed by atoms with van der Waals surface area (Å²) in [5, 5.41) is 24.6. The maximum absolute atomic E-state index is 11.8. The molecule has 3 aromatic carbocycles. The minimum atomic E-state index is -3.96. The van der Waals surface area contributed by atoms with Crippen molar-refractivity contribution in [3.05, 3.63) is 101 Å². The molecule has 13 nitrogen and oxygen atoms in total. The molecule has 142 heavy (non-hydrogen) atoms. The highest BCUT2D eigenvalue weighted by molar-refractivity contribution is 7.86. The summed E-state index contributed by atoms with van der Waals surface area (Å²) in [6.07, 6.45) is 28.4. The summed E-state index contributed by atoms with van der Waals surface area (Å²) in [6.45, 7) is 71.3. The third-order valence-electron chi connectivity index (χ3n) is 21.2. The van der Waals surface area contributed by atoms with Crippen LogP contribution in [0.15, 0.2) is 83.8 Å². The molecule has 2 aliphatic heterocycles. The Kier molecular flexibility index (Phi) is 108. The van der Waals surface area contributed by atoms with Crippen LogP contribution < -0.4 is 16.0 Å². The molecule has 2 saturated heterocycles. The molecule has 26 heteroatoms. The van der Waals surface area contributed by atoms with Crippen LogP contribution in [0.1, 0.15) is 429 Å². The summed E-state index contributed by atoms with van der Waals surface area (Å²) >= 11 is 5.29. The van der Waals surface area contributed by atoms with Crippen LogP contribution in [0.5, 0.6) is 0 Å². The third-order valence-corrected chi connectivity index (χ3v) is 23.0. The number of nitrogens with one attached hydrogen (secondary N) is 3. The largest absolute Gasteiger partial charge is 0.396 e. The molecule has 10 fully saturated rings. The van der Waals surface area contributed by atoms with Crippen LogP contribution in [-0.4, -0.2) is 164 Å². The van der Waals surface area contributed by atoms with Gasteiger partial charge in [0.15, 0.2) is 0 Å². The number of hydrogen-bond acceptors (Lipinski definition) is 11. The van der Waals surface area contributed by atoms with E-state index >= 15 is 0 Å². The van der Waals surface area contributed by atoms with Gasteiger partial charge in [-0.2, -0.15) is 34.8 Å². The molecule has 2 amide bonds. The van der Waals surface area contributed by atoms with E-state index in [0.29, 0.717) is 17.9 Å². The van der Waals surface area contributed by atoms with Gasteiger partial charge in [-0.05, 0) is 191 Å². The van der Waals surface area contributed by atoms with E-state index in [1.165, 1.54) is 196 Å². The number of nitrogens with zero attached hydrogens (tertiary/aromatic N) is 1. The second-order valence-corrected chi connectivity index (χ2v) is 45.5. The lowest BCUT2D eigenvalue weighted by Crippen LogP contribution is -2.38. The van der Waals surface area contributed by atoms with Crippen LogP contribution >= 0.6 is 11.6 Å². The number of aryl methyl sites for hydroxylation is 4. The van der Waals surface area contributed by atoms with Gasteiger partial charge in [-0.1, -0.05) is 384 Å². The van der Waals surface area contributed by atoms with Gasteiger partial charge in [-0.3, -0.25) is 13.8 Å². The first kappa shape index (κ1) is 158. The molecule has 2 heterocycles. The second kappa shape index (κ2) is 97.6. The fourth-order valence-electron chi connectivity index (χ4n) is 10.1. The van der Waals surface area contributed by atoms with Gasteiger partial charge in [0.25, 0.3) is 16.0 Å². The lowest BCUT2D eigenvalue weighted by Gasteiger charge is -2.21. The van der Waals surface area contributed by atoms with E-state index in [4.69, 9.17) is 31.3 Å². The van der Waals surface area contributed by atoms with Crippen molar-refractivity contribution >= 4 is 33.5 Å². The smallest absolute Gasteiger partial charge is 0.388 e. The molecular formula is C116H222ClF11N4O9S. The molecule has 8 saturated carbocycles. The number of ether oxygens (including phenoxy) is 2. The monoisotopic (exact) mass is 2090 g/mol. The van der Waals surface area contributed by atoms with Gasteiger partial charge in [0, 0.05) is 102 Å². The van der Waals surface area contributed by atoms with Gasteiger partial charge in [0.1, 0.15) is 5.67 Å². The van der Waals surface area contributed by atoms with E-state index in [9.17, 15) is 66.3 Å². The molecule has 5 N–H and O–H groups in total. The maximum atomic E-state index is 11.8. The quantitative estimate of drug-likeness (QED) is 0.0783. The molecule has 0 aromatic heterocycles. The number of carbonyl (C=O) groups excluding carboxylic acids is 2. The van der Waals surface area contributed by atoms with Crippen molar-refractivity contribution < 1.29 is 90.2 Å². The first-order valence-electron chi connectivity index (χ1n) is 53.7. The number of aliphatic hydroxyl groups excluding tert-OH is 2. The maximum Gasteiger partial charge on any atom is 0.388 e. The van der Waals surface area contributed by atoms with Crippen molar-refractivity contribution in [2.75, 3.05) is 86.9 Å². The van der Waals surface area contributed by atoms with Gasteiger partial charge < -0.3 is 40.5 Å². The van der Waals surface area contributed by atoms with Crippen molar-refractivity contribution in [1.82, 2.24) is 20.9 Å². The van der Waals surface area contributed by atoms with E-state index in [2.05, 4.69) is 193 Å². The standard InChI is InChI=1S/C9H12.C8H10O3S.C7H14.C7H8.C7H14.2C6H13NO.C6H12O.C6H12.C5H11NO.C5H10.C5H12.C4H9ClO.C4H6F2.C4H7F.C4H9N.C4H8.2C4H10.2C3H5F3.C3H8O.C2H4F2/c1-3-9-6-4-8(2)5-7-9;1-7-3-5-8(6-4-7)12(9,10)11-2;2*1-7-5-3-2-4-6-7;1-2-7-5-3-4-6-7;1-6(2,3)5(8)7-4;1-5(8)7-6(2,3)4;1-6-2-4-7-5-3-6;1-6-4-2-3-5-6;1-6-2-4-7-5-3-6;1-5-3-2-4-5;1-5(2,3)4;1-4(2-5)3-6;1-3-2-4(3,5)6;1-4(5)2-3-4;1-5-4-2-3-4;1-4-2-3-4;1-4(2)3;1-3-4-2;2*1-2-3(4,5)6;1-2-3-4;1-2(3)4/h4-7H,3H2,1-2H3;3-6H,1-2H3;7H,2-6H2,1H3;2-6H,1H3;7H,2-6H2,1H3;2*1-4H3,(H,7,8);6H,2-5H2,1H3;6H,2-5H2,1H3;2-5H2,1H3;5H,2-4H2,1H3;1-4H3;4,6H,2-3H2,1H3;3H,2H2,1H3;2-3H2,1H3;4-5H,2-3H2,1H3;4H,2-3H2,1H3;4H,1-3H3;3-4H2,1-2H3;2*2H2,1H3;4H,2-3H2,1H3;2H,1H3/t;;;;;;;;;;;;4-;3-;;;;;;;;;/m............00........./s1. The van der Waals surface area contributed by atoms with Crippen molar-refractivity contribution in [3.63, 3.8) is 0 Å². The number of likely N-dealkylation sites (N-methyl/N-ethyl adjacent to an activating group) is 1. The average Bonchev–Trinajstić information content (AvgIpc) is 1.65. The number of unbranched alkanes of at least 4 members (excludes halogenated alkanes) is 1. The first-order valence-corrected chi connectivity index (χ1v) is 55.6. The lowest BCUT2D eigenvalue weighted by molar-refractivity contribution is -0.131. The number of aliphatic hydroxyl groups is 2.